The van der Waals surface area contributed by atoms with Crippen molar-refractivity contribution in [3.8, 4) is 0 Å². The number of benzene rings is 1. The van der Waals surface area contributed by atoms with Crippen molar-refractivity contribution in [1.82, 2.24) is 20.9 Å². The fourth-order valence-corrected chi connectivity index (χ4v) is 3.54. The van der Waals surface area contributed by atoms with Crippen LogP contribution in [0.25, 0.3) is 0 Å². The zero-order valence-electron chi connectivity index (χ0n) is 17.2. The van der Waals surface area contributed by atoms with E-state index < -0.39 is 0 Å². The average Bonchev–Trinajstić information content (AvgIpc) is 3.23. The molecule has 2 aromatic rings. The normalized spacial score (nSPS) is 16.7. The van der Waals surface area contributed by atoms with E-state index in [-0.39, 0.29) is 30.3 Å². The number of amides is 3. The van der Waals surface area contributed by atoms with E-state index in [0.717, 1.165) is 18.7 Å². The maximum absolute atomic E-state index is 12.1. The zero-order chi connectivity index (χ0) is 22.2. The second kappa shape index (κ2) is 11.4. The van der Waals surface area contributed by atoms with E-state index in [1.165, 1.54) is 0 Å². The summed E-state index contributed by atoms with van der Waals surface area (Å²) in [6.07, 6.45) is -0.116. The highest BCUT2D eigenvalue weighted by Crippen LogP contribution is 2.23. The number of halogens is 2. The third-order valence-electron chi connectivity index (χ3n) is 4.75. The first kappa shape index (κ1) is 23.4. The summed E-state index contributed by atoms with van der Waals surface area (Å²) in [7, 11) is 0. The van der Waals surface area contributed by atoms with Crippen molar-refractivity contribution in [2.75, 3.05) is 32.8 Å². The number of ether oxygens (including phenoxy) is 1. The molecule has 1 aromatic heterocycles. The van der Waals surface area contributed by atoms with Gasteiger partial charge in [0.1, 0.15) is 5.76 Å². The van der Waals surface area contributed by atoms with Crippen LogP contribution < -0.4 is 16.0 Å². The van der Waals surface area contributed by atoms with Crippen LogP contribution in [0.4, 0.5) is 4.79 Å². The quantitative estimate of drug-likeness (QED) is 0.553. The molecule has 168 valence electrons. The van der Waals surface area contributed by atoms with Crippen LogP contribution in [0, 0.1) is 0 Å². The second-order valence-corrected chi connectivity index (χ2v) is 7.98. The van der Waals surface area contributed by atoms with Crippen LogP contribution in [0.3, 0.4) is 0 Å². The SMILES string of the molecule is CCNC(=O)c1ccc(CNC(=O)NC[C@H]2CN(Cc3ccc(Cl)c(Cl)c3)CCO2)o1. The van der Waals surface area contributed by atoms with Crippen molar-refractivity contribution >= 4 is 35.1 Å². The Morgan fingerprint density at radius 3 is 2.74 bits per heavy atom. The van der Waals surface area contributed by atoms with Gasteiger partial charge in [0.25, 0.3) is 5.91 Å². The predicted molar refractivity (Wildman–Crippen MR) is 118 cm³/mol. The highest BCUT2D eigenvalue weighted by Gasteiger charge is 2.21. The average molecular weight is 469 g/mol. The number of hydrogen-bond donors (Lipinski definition) is 3. The first-order valence-corrected chi connectivity index (χ1v) is 10.9. The lowest BCUT2D eigenvalue weighted by Gasteiger charge is -2.33. The summed E-state index contributed by atoms with van der Waals surface area (Å²) in [6.45, 7) is 5.72. The molecule has 1 fully saturated rings. The van der Waals surface area contributed by atoms with Crippen molar-refractivity contribution in [1.29, 1.82) is 0 Å². The van der Waals surface area contributed by atoms with Crippen molar-refractivity contribution in [3.63, 3.8) is 0 Å². The van der Waals surface area contributed by atoms with Crippen molar-refractivity contribution in [2.45, 2.75) is 26.1 Å². The summed E-state index contributed by atoms with van der Waals surface area (Å²) < 4.78 is 11.2. The summed E-state index contributed by atoms with van der Waals surface area (Å²) in [4.78, 5) is 26.1. The van der Waals surface area contributed by atoms with Crippen LogP contribution in [-0.2, 0) is 17.8 Å². The monoisotopic (exact) mass is 468 g/mol. The van der Waals surface area contributed by atoms with Gasteiger partial charge >= 0.3 is 6.03 Å². The van der Waals surface area contributed by atoms with Crippen LogP contribution in [0.1, 0.15) is 28.8 Å². The minimum absolute atomic E-state index is 0.116. The molecule has 0 unspecified atom stereocenters. The Morgan fingerprint density at radius 1 is 1.13 bits per heavy atom. The highest BCUT2D eigenvalue weighted by molar-refractivity contribution is 6.42. The number of nitrogens with one attached hydrogen (secondary N) is 3. The molecule has 31 heavy (non-hydrogen) atoms. The largest absolute Gasteiger partial charge is 0.454 e. The first-order valence-electron chi connectivity index (χ1n) is 10.1. The van der Waals surface area contributed by atoms with Gasteiger partial charge in [-0.3, -0.25) is 9.69 Å². The van der Waals surface area contributed by atoms with E-state index >= 15 is 0 Å². The van der Waals surface area contributed by atoms with Gasteiger partial charge in [-0.05, 0) is 36.8 Å². The number of carbonyl (C=O) groups is 2. The molecule has 0 saturated carbocycles. The summed E-state index contributed by atoms with van der Waals surface area (Å²) in [5, 5.41) is 9.26. The van der Waals surface area contributed by atoms with Gasteiger partial charge in [-0.15, -0.1) is 0 Å². The minimum atomic E-state index is -0.332. The molecule has 1 saturated heterocycles. The summed E-state index contributed by atoms with van der Waals surface area (Å²) >= 11 is 12.1. The van der Waals surface area contributed by atoms with Gasteiger partial charge in [0.15, 0.2) is 5.76 Å². The van der Waals surface area contributed by atoms with E-state index in [2.05, 4.69) is 20.9 Å². The van der Waals surface area contributed by atoms with Gasteiger partial charge in [-0.2, -0.15) is 0 Å². The molecule has 3 rings (SSSR count). The molecule has 3 N–H and O–H groups in total. The molecule has 10 heteroatoms. The van der Waals surface area contributed by atoms with Crippen molar-refractivity contribution in [3.05, 3.63) is 57.5 Å². The first-order chi connectivity index (χ1) is 14.9. The smallest absolute Gasteiger partial charge is 0.315 e. The van der Waals surface area contributed by atoms with Gasteiger partial charge in [0.05, 0.1) is 29.3 Å². The predicted octanol–water partition coefficient (Wildman–Crippen LogP) is 3.04. The number of morpholine rings is 1. The molecule has 1 aliphatic rings. The van der Waals surface area contributed by atoms with Gasteiger partial charge in [-0.25, -0.2) is 4.79 Å². The molecular weight excluding hydrogens is 443 g/mol. The van der Waals surface area contributed by atoms with Gasteiger partial charge in [0.2, 0.25) is 0 Å². The number of hydrogen-bond acceptors (Lipinski definition) is 5. The molecule has 0 spiro atoms. The Labute approximate surface area is 191 Å². The molecule has 0 aliphatic carbocycles. The number of furan rings is 1. The van der Waals surface area contributed by atoms with E-state index in [9.17, 15) is 9.59 Å². The number of carbonyl (C=O) groups excluding carboxylic acids is 2. The van der Waals surface area contributed by atoms with Crippen LogP contribution >= 0.6 is 23.2 Å². The standard InChI is InChI=1S/C21H26Cl2N4O4/c1-2-24-20(28)19-6-4-15(31-19)10-25-21(29)26-11-16-13-27(7-8-30-16)12-14-3-5-17(22)18(23)9-14/h3-6,9,16H,2,7-8,10-13H2,1H3,(H,24,28)(H2,25,26,29)/t16-/m0/s1. The Bertz CT molecular complexity index is 905. The molecule has 1 aromatic carbocycles. The molecule has 2 heterocycles. The van der Waals surface area contributed by atoms with E-state index in [0.29, 0.717) is 42.0 Å². The van der Waals surface area contributed by atoms with Crippen molar-refractivity contribution in [2.24, 2.45) is 0 Å². The Hall–Kier alpha value is -2.26. The number of nitrogens with zero attached hydrogens (tertiary/aromatic N) is 1. The Balaban J connectivity index is 1.39. The van der Waals surface area contributed by atoms with E-state index in [1.54, 1.807) is 18.2 Å². The minimum Gasteiger partial charge on any atom is -0.454 e. The van der Waals surface area contributed by atoms with Crippen LogP contribution in [0.15, 0.2) is 34.7 Å². The third kappa shape index (κ3) is 7.14. The lowest BCUT2D eigenvalue weighted by atomic mass is 10.2. The number of urea groups is 1. The Morgan fingerprint density at radius 2 is 1.97 bits per heavy atom. The van der Waals surface area contributed by atoms with Crippen LogP contribution in [0.2, 0.25) is 10.0 Å². The lowest BCUT2D eigenvalue weighted by Crippen LogP contribution is -2.48. The summed E-state index contributed by atoms with van der Waals surface area (Å²) in [6, 6.07) is 8.53. The molecule has 0 radical (unpaired) electrons. The second-order valence-electron chi connectivity index (χ2n) is 7.17. The van der Waals surface area contributed by atoms with Gasteiger partial charge in [0, 0.05) is 32.7 Å². The van der Waals surface area contributed by atoms with Gasteiger partial charge < -0.3 is 25.1 Å². The third-order valence-corrected chi connectivity index (χ3v) is 5.49. The molecule has 0 bridgehead atoms. The van der Waals surface area contributed by atoms with Gasteiger partial charge in [-0.1, -0.05) is 29.3 Å². The maximum atomic E-state index is 12.1. The molecule has 8 nitrogen and oxygen atoms in total. The zero-order valence-corrected chi connectivity index (χ0v) is 18.8. The Kier molecular flexibility index (Phi) is 8.60. The molecular formula is C21H26Cl2N4O4. The number of rotatable bonds is 8. The van der Waals surface area contributed by atoms with Crippen LogP contribution in [-0.4, -0.2) is 55.7 Å². The fourth-order valence-electron chi connectivity index (χ4n) is 3.22. The molecule has 3 amide bonds. The lowest BCUT2D eigenvalue weighted by molar-refractivity contribution is -0.0287. The summed E-state index contributed by atoms with van der Waals surface area (Å²) in [5.41, 5.74) is 1.08. The summed E-state index contributed by atoms with van der Waals surface area (Å²) in [5.74, 6) is 0.438. The highest BCUT2D eigenvalue weighted by atomic mass is 35.5. The topological polar surface area (TPSA) is 95.8 Å². The van der Waals surface area contributed by atoms with E-state index in [4.69, 9.17) is 32.4 Å². The van der Waals surface area contributed by atoms with Crippen LogP contribution in [0.5, 0.6) is 0 Å². The molecule has 1 atom stereocenters. The van der Waals surface area contributed by atoms with E-state index in [1.807, 2.05) is 19.1 Å². The van der Waals surface area contributed by atoms with Crippen molar-refractivity contribution < 1.29 is 18.7 Å². The maximum Gasteiger partial charge on any atom is 0.315 e. The molecule has 1 aliphatic heterocycles. The fraction of sp³-hybridized carbons (Fsp3) is 0.429.